The van der Waals surface area contributed by atoms with Crippen LogP contribution in [0.1, 0.15) is 39.0 Å². The van der Waals surface area contributed by atoms with Crippen LogP contribution in [-0.2, 0) is 11.3 Å². The van der Waals surface area contributed by atoms with Gasteiger partial charge in [-0.3, -0.25) is 9.36 Å². The molecule has 4 rings (SSSR count). The predicted octanol–water partition coefficient (Wildman–Crippen LogP) is 4.90. The lowest BCUT2D eigenvalue weighted by molar-refractivity contribution is 0.0470. The number of rotatable bonds is 6. The Hall–Kier alpha value is -3.93. The molecule has 31 heavy (non-hydrogen) atoms. The van der Waals surface area contributed by atoms with E-state index in [1.165, 1.54) is 14.0 Å². The van der Waals surface area contributed by atoms with Crippen molar-refractivity contribution in [2.24, 2.45) is 0 Å². The largest absolute Gasteiger partial charge is 0.496 e. The molecular formula is C25H22N2O4. The lowest BCUT2D eigenvalue weighted by Crippen LogP contribution is -2.07. The number of hydrogen-bond acceptors (Lipinski definition) is 5. The lowest BCUT2D eigenvalue weighted by Gasteiger charge is -2.11. The number of para-hydroxylation sites is 1. The van der Waals surface area contributed by atoms with Crippen LogP contribution in [0.5, 0.6) is 5.75 Å². The summed E-state index contributed by atoms with van der Waals surface area (Å²) in [4.78, 5) is 28.9. The molecule has 0 aliphatic carbocycles. The molecule has 156 valence electrons. The Morgan fingerprint density at radius 2 is 1.71 bits per heavy atom. The standard InChI is InChI=1S/C25H22N2O4/c1-16(28)18-10-12-24(30-3)20(13-18)15-31-25(29)19-9-11-23-22(14-19)26-17(2)27(23)21-7-5-4-6-8-21/h4-14H,15H2,1-3H3. The lowest BCUT2D eigenvalue weighted by atomic mass is 10.1. The third kappa shape index (κ3) is 4.05. The molecule has 0 bridgehead atoms. The van der Waals surface area contributed by atoms with Gasteiger partial charge in [0.25, 0.3) is 0 Å². The number of aromatic nitrogens is 2. The van der Waals surface area contributed by atoms with Crippen LogP contribution in [-0.4, -0.2) is 28.4 Å². The molecule has 4 aromatic rings. The Labute approximate surface area is 180 Å². The van der Waals surface area contributed by atoms with Crippen molar-refractivity contribution in [3.63, 3.8) is 0 Å². The number of benzene rings is 3. The van der Waals surface area contributed by atoms with Gasteiger partial charge < -0.3 is 9.47 Å². The van der Waals surface area contributed by atoms with E-state index in [0.717, 1.165) is 17.0 Å². The molecule has 0 spiro atoms. The maximum atomic E-state index is 12.7. The van der Waals surface area contributed by atoms with Crippen molar-refractivity contribution in [2.75, 3.05) is 7.11 Å². The highest BCUT2D eigenvalue weighted by molar-refractivity contribution is 5.95. The fourth-order valence-electron chi connectivity index (χ4n) is 3.57. The van der Waals surface area contributed by atoms with Gasteiger partial charge >= 0.3 is 5.97 Å². The van der Waals surface area contributed by atoms with Crippen LogP contribution in [0.4, 0.5) is 0 Å². The molecule has 3 aromatic carbocycles. The van der Waals surface area contributed by atoms with E-state index in [4.69, 9.17) is 9.47 Å². The second kappa shape index (κ2) is 8.44. The van der Waals surface area contributed by atoms with Gasteiger partial charge in [0, 0.05) is 16.8 Å². The van der Waals surface area contributed by atoms with Crippen molar-refractivity contribution in [2.45, 2.75) is 20.5 Å². The van der Waals surface area contributed by atoms with E-state index in [1.807, 2.05) is 47.9 Å². The molecule has 1 heterocycles. The van der Waals surface area contributed by atoms with Crippen molar-refractivity contribution >= 4 is 22.8 Å². The zero-order valence-corrected chi connectivity index (χ0v) is 17.6. The van der Waals surface area contributed by atoms with Crippen LogP contribution in [0.25, 0.3) is 16.7 Å². The SMILES string of the molecule is COc1ccc(C(C)=O)cc1COC(=O)c1ccc2c(c1)nc(C)n2-c1ccccc1. The highest BCUT2D eigenvalue weighted by atomic mass is 16.5. The number of Topliss-reactive ketones (excluding diaryl/α,β-unsaturated/α-hetero) is 1. The Kier molecular flexibility index (Phi) is 5.54. The van der Waals surface area contributed by atoms with Gasteiger partial charge in [0.15, 0.2) is 5.78 Å². The summed E-state index contributed by atoms with van der Waals surface area (Å²) in [6.45, 7) is 3.42. The Balaban J connectivity index is 1.58. The molecule has 0 radical (unpaired) electrons. The highest BCUT2D eigenvalue weighted by Gasteiger charge is 2.15. The molecule has 0 N–H and O–H groups in total. The van der Waals surface area contributed by atoms with Crippen molar-refractivity contribution in [1.82, 2.24) is 9.55 Å². The van der Waals surface area contributed by atoms with Crippen LogP contribution in [0.3, 0.4) is 0 Å². The summed E-state index contributed by atoms with van der Waals surface area (Å²) in [5, 5.41) is 0. The highest BCUT2D eigenvalue weighted by Crippen LogP contribution is 2.24. The number of ether oxygens (including phenoxy) is 2. The first kappa shape index (κ1) is 20.3. The minimum absolute atomic E-state index is 0.00134. The number of nitrogens with zero attached hydrogens (tertiary/aromatic N) is 2. The third-order valence-corrected chi connectivity index (χ3v) is 5.12. The number of aryl methyl sites for hydroxylation is 1. The number of esters is 1. The van der Waals surface area contributed by atoms with Crippen LogP contribution < -0.4 is 4.74 Å². The number of methoxy groups -OCH3 is 1. The summed E-state index contributed by atoms with van der Waals surface area (Å²) in [5.74, 6) is 0.858. The molecule has 6 nitrogen and oxygen atoms in total. The number of carbonyl (C=O) groups excluding carboxylic acids is 2. The normalized spacial score (nSPS) is 10.8. The van der Waals surface area contributed by atoms with E-state index in [0.29, 0.717) is 28.0 Å². The van der Waals surface area contributed by atoms with E-state index < -0.39 is 5.97 Å². The minimum atomic E-state index is -0.468. The summed E-state index contributed by atoms with van der Waals surface area (Å²) >= 11 is 0. The molecule has 0 atom stereocenters. The minimum Gasteiger partial charge on any atom is -0.496 e. The first-order valence-corrected chi connectivity index (χ1v) is 9.87. The quantitative estimate of drug-likeness (QED) is 0.331. The first-order chi connectivity index (χ1) is 15.0. The summed E-state index contributed by atoms with van der Waals surface area (Å²) in [6, 6.07) is 20.3. The molecule has 1 aromatic heterocycles. The summed E-state index contributed by atoms with van der Waals surface area (Å²) in [5.41, 5.74) is 4.22. The van der Waals surface area contributed by atoms with Gasteiger partial charge in [0.1, 0.15) is 18.2 Å². The number of fused-ring (bicyclic) bond motifs is 1. The Bertz CT molecular complexity index is 1280. The fraction of sp³-hybridized carbons (Fsp3) is 0.160. The molecule has 0 aliphatic rings. The van der Waals surface area contributed by atoms with Gasteiger partial charge in [0.05, 0.1) is 23.7 Å². The molecular weight excluding hydrogens is 392 g/mol. The predicted molar refractivity (Wildman–Crippen MR) is 118 cm³/mol. The monoisotopic (exact) mass is 414 g/mol. The maximum Gasteiger partial charge on any atom is 0.338 e. The van der Waals surface area contributed by atoms with Crippen molar-refractivity contribution in [3.8, 4) is 11.4 Å². The number of imidazole rings is 1. The Morgan fingerprint density at radius 3 is 2.42 bits per heavy atom. The van der Waals surface area contributed by atoms with Crippen LogP contribution in [0.2, 0.25) is 0 Å². The number of hydrogen-bond donors (Lipinski definition) is 0. The smallest absolute Gasteiger partial charge is 0.338 e. The molecule has 0 unspecified atom stereocenters. The molecule has 0 saturated carbocycles. The van der Waals surface area contributed by atoms with E-state index in [2.05, 4.69) is 4.98 Å². The fourth-order valence-corrected chi connectivity index (χ4v) is 3.57. The third-order valence-electron chi connectivity index (χ3n) is 5.12. The van der Waals surface area contributed by atoms with Gasteiger partial charge in [-0.2, -0.15) is 0 Å². The average Bonchev–Trinajstić information content (AvgIpc) is 3.12. The summed E-state index contributed by atoms with van der Waals surface area (Å²) in [7, 11) is 1.54. The summed E-state index contributed by atoms with van der Waals surface area (Å²) in [6.07, 6.45) is 0. The second-order valence-electron chi connectivity index (χ2n) is 7.19. The van der Waals surface area contributed by atoms with Gasteiger partial charge in [-0.15, -0.1) is 0 Å². The number of ketones is 1. The number of carbonyl (C=O) groups is 2. The maximum absolute atomic E-state index is 12.7. The van der Waals surface area contributed by atoms with Gasteiger partial charge in [-0.05, 0) is 62.4 Å². The topological polar surface area (TPSA) is 70.4 Å². The molecule has 0 saturated heterocycles. The van der Waals surface area contributed by atoms with Crippen LogP contribution in [0, 0.1) is 6.92 Å². The van der Waals surface area contributed by atoms with Crippen LogP contribution >= 0.6 is 0 Å². The summed E-state index contributed by atoms with van der Waals surface area (Å²) < 4.78 is 12.9. The van der Waals surface area contributed by atoms with Crippen molar-refractivity contribution < 1.29 is 19.1 Å². The molecule has 0 fully saturated rings. The van der Waals surface area contributed by atoms with Crippen molar-refractivity contribution in [3.05, 3.63) is 89.2 Å². The van der Waals surface area contributed by atoms with E-state index in [1.54, 1.807) is 30.3 Å². The molecule has 0 amide bonds. The van der Waals surface area contributed by atoms with Gasteiger partial charge in [-0.1, -0.05) is 18.2 Å². The Morgan fingerprint density at radius 1 is 0.968 bits per heavy atom. The van der Waals surface area contributed by atoms with E-state index >= 15 is 0 Å². The van der Waals surface area contributed by atoms with Crippen LogP contribution in [0.15, 0.2) is 66.7 Å². The van der Waals surface area contributed by atoms with Gasteiger partial charge in [0.2, 0.25) is 0 Å². The second-order valence-corrected chi connectivity index (χ2v) is 7.19. The van der Waals surface area contributed by atoms with Crippen molar-refractivity contribution in [1.29, 1.82) is 0 Å². The van der Waals surface area contributed by atoms with E-state index in [-0.39, 0.29) is 12.4 Å². The average molecular weight is 414 g/mol. The molecule has 0 aliphatic heterocycles. The zero-order chi connectivity index (χ0) is 22.0. The first-order valence-electron chi connectivity index (χ1n) is 9.87. The zero-order valence-electron chi connectivity index (χ0n) is 17.6. The molecule has 6 heteroatoms. The van der Waals surface area contributed by atoms with E-state index in [9.17, 15) is 9.59 Å². The van der Waals surface area contributed by atoms with Gasteiger partial charge in [-0.25, -0.2) is 9.78 Å².